The van der Waals surface area contributed by atoms with Crippen molar-refractivity contribution < 1.29 is 9.90 Å². The van der Waals surface area contributed by atoms with Crippen LogP contribution in [0.25, 0.3) is 0 Å². The van der Waals surface area contributed by atoms with Gasteiger partial charge in [0.05, 0.1) is 12.0 Å². The van der Waals surface area contributed by atoms with E-state index in [1.54, 1.807) is 0 Å². The van der Waals surface area contributed by atoms with Crippen LogP contribution in [-0.4, -0.2) is 22.7 Å². The van der Waals surface area contributed by atoms with E-state index in [9.17, 15) is 9.90 Å². The Bertz CT molecular complexity index is 425. The van der Waals surface area contributed by atoms with Crippen molar-refractivity contribution in [2.24, 2.45) is 16.7 Å². The van der Waals surface area contributed by atoms with E-state index in [0.717, 1.165) is 38.0 Å². The van der Waals surface area contributed by atoms with Crippen LogP contribution in [0.1, 0.15) is 78.6 Å². The number of carbonyl (C=O) groups is 1. The van der Waals surface area contributed by atoms with Crippen LogP contribution in [0.2, 0.25) is 0 Å². The maximum absolute atomic E-state index is 12.4. The molecule has 3 aliphatic rings. The minimum atomic E-state index is -0.740. The van der Waals surface area contributed by atoms with Crippen LogP contribution in [0.3, 0.4) is 0 Å². The van der Waals surface area contributed by atoms with Crippen LogP contribution in [0.5, 0.6) is 0 Å². The number of hydrogen-bond donors (Lipinski definition) is 2. The SMILES string of the molecule is CC1(C)[C@H]2CC[C@@]1(C)[C@H](NC(=O)CC1(O)CCCCC1)C2. The largest absolute Gasteiger partial charge is 0.389 e. The third kappa shape index (κ3) is 2.42. The second-order valence-corrected chi connectivity index (χ2v) is 8.69. The molecule has 0 spiro atoms. The van der Waals surface area contributed by atoms with Gasteiger partial charge in [-0.15, -0.1) is 0 Å². The van der Waals surface area contributed by atoms with Gasteiger partial charge >= 0.3 is 0 Å². The molecule has 0 aromatic rings. The van der Waals surface area contributed by atoms with Crippen molar-refractivity contribution >= 4 is 5.91 Å². The molecule has 0 aliphatic heterocycles. The average Bonchev–Trinajstić information content (AvgIpc) is 2.72. The topological polar surface area (TPSA) is 49.3 Å². The van der Waals surface area contributed by atoms with Gasteiger partial charge in [0.1, 0.15) is 0 Å². The van der Waals surface area contributed by atoms with Crippen LogP contribution in [0.15, 0.2) is 0 Å². The van der Waals surface area contributed by atoms with E-state index < -0.39 is 5.60 Å². The summed E-state index contributed by atoms with van der Waals surface area (Å²) in [7, 11) is 0. The highest BCUT2D eigenvalue weighted by Gasteiger charge is 2.61. The number of nitrogens with one attached hydrogen (secondary N) is 1. The maximum Gasteiger partial charge on any atom is 0.223 e. The lowest BCUT2D eigenvalue weighted by Crippen LogP contribution is -2.49. The Morgan fingerprint density at radius 2 is 1.81 bits per heavy atom. The molecular weight excluding hydrogens is 262 g/mol. The van der Waals surface area contributed by atoms with E-state index in [4.69, 9.17) is 0 Å². The first-order chi connectivity index (χ1) is 9.77. The fourth-order valence-electron chi connectivity index (χ4n) is 5.35. The molecule has 0 saturated heterocycles. The zero-order chi connectivity index (χ0) is 15.3. The minimum Gasteiger partial charge on any atom is -0.389 e. The molecule has 3 atom stereocenters. The van der Waals surface area contributed by atoms with E-state index in [2.05, 4.69) is 26.1 Å². The number of carbonyl (C=O) groups excluding carboxylic acids is 1. The van der Waals surface area contributed by atoms with E-state index >= 15 is 0 Å². The molecule has 0 radical (unpaired) electrons. The molecule has 1 amide bonds. The summed E-state index contributed by atoms with van der Waals surface area (Å²) in [6, 6.07) is 0.297. The van der Waals surface area contributed by atoms with Gasteiger partial charge in [0.15, 0.2) is 0 Å². The molecule has 3 aliphatic carbocycles. The van der Waals surface area contributed by atoms with Gasteiger partial charge < -0.3 is 10.4 Å². The summed E-state index contributed by atoms with van der Waals surface area (Å²) >= 11 is 0. The molecule has 3 rings (SSSR count). The van der Waals surface area contributed by atoms with Gasteiger partial charge in [0.2, 0.25) is 5.91 Å². The lowest BCUT2D eigenvalue weighted by molar-refractivity contribution is -0.129. The number of aliphatic hydroxyl groups is 1. The molecule has 0 aromatic heterocycles. The number of rotatable bonds is 3. The second-order valence-electron chi connectivity index (χ2n) is 8.69. The molecule has 3 heteroatoms. The Morgan fingerprint density at radius 1 is 1.14 bits per heavy atom. The van der Waals surface area contributed by atoms with Gasteiger partial charge in [-0.05, 0) is 48.9 Å². The summed E-state index contributed by atoms with van der Waals surface area (Å²) < 4.78 is 0. The lowest BCUT2D eigenvalue weighted by atomic mass is 9.69. The summed E-state index contributed by atoms with van der Waals surface area (Å²) in [5, 5.41) is 13.8. The van der Waals surface area contributed by atoms with Crippen molar-refractivity contribution in [2.75, 3.05) is 0 Å². The Morgan fingerprint density at radius 3 is 2.33 bits per heavy atom. The molecule has 21 heavy (non-hydrogen) atoms. The van der Waals surface area contributed by atoms with Crippen molar-refractivity contribution in [3.8, 4) is 0 Å². The lowest BCUT2D eigenvalue weighted by Gasteiger charge is -2.40. The summed E-state index contributed by atoms with van der Waals surface area (Å²) in [6.45, 7) is 7.08. The Hall–Kier alpha value is -0.570. The molecule has 2 bridgehead atoms. The standard InChI is InChI=1S/C18H31NO2/c1-16(2)13-7-10-17(16,3)14(11-13)19-15(20)12-18(21)8-5-4-6-9-18/h13-14,21H,4-12H2,1-3H3,(H,19,20)/t13-,14+,17-/m0/s1. The van der Waals surface area contributed by atoms with Crippen molar-refractivity contribution in [1.29, 1.82) is 0 Å². The quantitative estimate of drug-likeness (QED) is 0.838. The normalized spacial score (nSPS) is 40.2. The van der Waals surface area contributed by atoms with E-state index in [1.165, 1.54) is 19.3 Å². The van der Waals surface area contributed by atoms with E-state index in [1.807, 2.05) is 0 Å². The zero-order valence-electron chi connectivity index (χ0n) is 13.9. The highest BCUT2D eigenvalue weighted by molar-refractivity contribution is 5.77. The summed E-state index contributed by atoms with van der Waals surface area (Å²) in [5.74, 6) is 0.805. The van der Waals surface area contributed by atoms with Gasteiger partial charge in [-0.3, -0.25) is 4.79 Å². The Balaban J connectivity index is 1.61. The first-order valence-electron chi connectivity index (χ1n) is 8.79. The molecule has 120 valence electrons. The minimum absolute atomic E-state index is 0.0639. The van der Waals surface area contributed by atoms with Crippen LogP contribution < -0.4 is 5.32 Å². The Labute approximate surface area is 128 Å². The average molecular weight is 293 g/mol. The molecule has 3 saturated carbocycles. The van der Waals surface area contributed by atoms with Crippen molar-refractivity contribution in [2.45, 2.75) is 90.2 Å². The van der Waals surface area contributed by atoms with E-state index in [-0.39, 0.29) is 11.3 Å². The van der Waals surface area contributed by atoms with Gasteiger partial charge in [0, 0.05) is 6.04 Å². The highest BCUT2D eigenvalue weighted by Crippen LogP contribution is 2.65. The predicted molar refractivity (Wildman–Crippen MR) is 83.8 cm³/mol. The zero-order valence-corrected chi connectivity index (χ0v) is 13.9. The highest BCUT2D eigenvalue weighted by atomic mass is 16.3. The number of fused-ring (bicyclic) bond motifs is 2. The Kier molecular flexibility index (Phi) is 3.63. The molecular formula is C18H31NO2. The molecule has 2 N–H and O–H groups in total. The van der Waals surface area contributed by atoms with Crippen molar-refractivity contribution in [1.82, 2.24) is 5.32 Å². The third-order valence-electron chi connectivity index (χ3n) is 7.40. The van der Waals surface area contributed by atoms with Crippen LogP contribution in [-0.2, 0) is 4.79 Å². The number of hydrogen-bond acceptors (Lipinski definition) is 2. The summed E-state index contributed by atoms with van der Waals surface area (Å²) in [4.78, 5) is 12.4. The van der Waals surface area contributed by atoms with Crippen LogP contribution in [0, 0.1) is 16.7 Å². The first kappa shape index (κ1) is 15.3. The fraction of sp³-hybridized carbons (Fsp3) is 0.944. The molecule has 0 heterocycles. The summed E-state index contributed by atoms with van der Waals surface area (Å²) in [5.41, 5.74) is -0.189. The van der Waals surface area contributed by atoms with Gasteiger partial charge in [-0.1, -0.05) is 40.0 Å². The number of amides is 1. The maximum atomic E-state index is 12.4. The summed E-state index contributed by atoms with van der Waals surface area (Å²) in [6.07, 6.45) is 8.82. The van der Waals surface area contributed by atoms with Gasteiger partial charge in [-0.25, -0.2) is 0 Å². The molecule has 0 unspecified atom stereocenters. The van der Waals surface area contributed by atoms with Crippen molar-refractivity contribution in [3.05, 3.63) is 0 Å². The fourth-order valence-corrected chi connectivity index (χ4v) is 5.35. The van der Waals surface area contributed by atoms with Crippen molar-refractivity contribution in [3.63, 3.8) is 0 Å². The predicted octanol–water partition coefficient (Wildman–Crippen LogP) is 3.40. The first-order valence-corrected chi connectivity index (χ1v) is 8.79. The molecule has 0 aromatic carbocycles. The molecule has 3 fully saturated rings. The third-order valence-corrected chi connectivity index (χ3v) is 7.40. The van der Waals surface area contributed by atoms with Crippen LogP contribution in [0.4, 0.5) is 0 Å². The smallest absolute Gasteiger partial charge is 0.223 e. The van der Waals surface area contributed by atoms with E-state index in [0.29, 0.717) is 17.9 Å². The molecule has 3 nitrogen and oxygen atoms in total. The van der Waals surface area contributed by atoms with Crippen LogP contribution >= 0.6 is 0 Å². The van der Waals surface area contributed by atoms with Gasteiger partial charge in [-0.2, -0.15) is 0 Å². The van der Waals surface area contributed by atoms with Gasteiger partial charge in [0.25, 0.3) is 0 Å². The second kappa shape index (κ2) is 4.97. The monoisotopic (exact) mass is 293 g/mol.